The van der Waals surface area contributed by atoms with Gasteiger partial charge in [-0.25, -0.2) is 4.79 Å². The predicted molar refractivity (Wildman–Crippen MR) is 94.5 cm³/mol. The molecule has 25 heavy (non-hydrogen) atoms. The summed E-state index contributed by atoms with van der Waals surface area (Å²) in [6.45, 7) is 8.36. The second-order valence-corrected chi connectivity index (χ2v) is 6.91. The van der Waals surface area contributed by atoms with E-state index in [4.69, 9.17) is 14.2 Å². The van der Waals surface area contributed by atoms with E-state index in [9.17, 15) is 9.59 Å². The molecule has 0 unspecified atom stereocenters. The molecule has 1 aromatic rings. The molecule has 2 rings (SSSR count). The second-order valence-electron chi connectivity index (χ2n) is 6.91. The van der Waals surface area contributed by atoms with Gasteiger partial charge in [-0.05, 0) is 51.5 Å². The number of amides is 1. The third-order valence-corrected chi connectivity index (χ3v) is 3.34. The number of carbonyl (C=O) groups excluding carboxylic acids is 2. The molecule has 136 valence electrons. The number of fused-ring (bicyclic) bond motifs is 1. The molecule has 0 saturated heterocycles. The first-order chi connectivity index (χ1) is 11.7. The van der Waals surface area contributed by atoms with Crippen molar-refractivity contribution in [3.05, 3.63) is 29.8 Å². The Bertz CT molecular complexity index is 660. The molecule has 0 saturated carbocycles. The molecular weight excluding hydrogens is 322 g/mol. The van der Waals surface area contributed by atoms with E-state index >= 15 is 0 Å². The van der Waals surface area contributed by atoms with Crippen LogP contribution >= 0.6 is 0 Å². The maximum absolute atomic E-state index is 11.9. The minimum Gasteiger partial charge on any atom is -0.490 e. The highest BCUT2D eigenvalue weighted by molar-refractivity contribution is 5.90. The maximum atomic E-state index is 11.9. The van der Waals surface area contributed by atoms with Gasteiger partial charge in [0, 0.05) is 18.0 Å². The van der Waals surface area contributed by atoms with Crippen LogP contribution in [0.3, 0.4) is 0 Å². The Kier molecular flexibility index (Phi) is 6.07. The van der Waals surface area contributed by atoms with Gasteiger partial charge in [-0.15, -0.1) is 0 Å². The van der Waals surface area contributed by atoms with Crippen molar-refractivity contribution < 1.29 is 23.8 Å². The smallest absolute Gasteiger partial charge is 0.331 e. The average Bonchev–Trinajstić information content (AvgIpc) is 2.76. The summed E-state index contributed by atoms with van der Waals surface area (Å²) in [6.07, 6.45) is 2.88. The minimum atomic E-state index is -0.861. The Labute approximate surface area is 148 Å². The fraction of sp³-hybridized carbons (Fsp3) is 0.474. The number of esters is 1. The molecule has 0 bridgehead atoms. The van der Waals surface area contributed by atoms with E-state index in [0.29, 0.717) is 24.7 Å². The summed E-state index contributed by atoms with van der Waals surface area (Å²) >= 11 is 0. The first kappa shape index (κ1) is 18.8. The lowest BCUT2D eigenvalue weighted by atomic mass is 10.1. The van der Waals surface area contributed by atoms with E-state index < -0.39 is 12.1 Å². The molecule has 1 N–H and O–H groups in total. The molecule has 1 amide bonds. The third-order valence-electron chi connectivity index (χ3n) is 3.34. The molecule has 1 atom stereocenters. The highest BCUT2D eigenvalue weighted by Crippen LogP contribution is 2.30. The SMILES string of the molecule is C[C@@H](OC(=O)/C=C/c1ccc2c(c1)OCCCO2)C(=O)NC(C)(C)C. The predicted octanol–water partition coefficient (Wildman–Crippen LogP) is 2.71. The zero-order chi connectivity index (χ0) is 18.4. The Balaban J connectivity index is 1.94. The first-order valence-electron chi connectivity index (χ1n) is 8.35. The van der Waals surface area contributed by atoms with Crippen molar-refractivity contribution in [2.75, 3.05) is 13.2 Å². The lowest BCUT2D eigenvalue weighted by molar-refractivity contribution is -0.150. The van der Waals surface area contributed by atoms with Gasteiger partial charge < -0.3 is 19.5 Å². The molecule has 6 heteroatoms. The van der Waals surface area contributed by atoms with Gasteiger partial charge in [-0.2, -0.15) is 0 Å². The van der Waals surface area contributed by atoms with E-state index in [1.165, 1.54) is 6.08 Å². The monoisotopic (exact) mass is 347 g/mol. The normalized spacial score (nSPS) is 15.4. The largest absolute Gasteiger partial charge is 0.490 e. The van der Waals surface area contributed by atoms with Crippen molar-refractivity contribution in [1.82, 2.24) is 5.32 Å². The van der Waals surface area contributed by atoms with Gasteiger partial charge in [0.05, 0.1) is 13.2 Å². The number of rotatable bonds is 4. The second kappa shape index (κ2) is 8.05. The summed E-state index contributed by atoms with van der Waals surface area (Å²) in [5.41, 5.74) is 0.408. The van der Waals surface area contributed by atoms with Crippen LogP contribution in [0.2, 0.25) is 0 Å². The van der Waals surface area contributed by atoms with Crippen molar-refractivity contribution >= 4 is 18.0 Å². The third kappa shape index (κ3) is 6.14. The number of nitrogens with one attached hydrogen (secondary N) is 1. The quantitative estimate of drug-likeness (QED) is 0.670. The van der Waals surface area contributed by atoms with Gasteiger partial charge in [-0.1, -0.05) is 6.07 Å². The topological polar surface area (TPSA) is 73.9 Å². The molecule has 0 aliphatic carbocycles. The molecule has 0 fully saturated rings. The summed E-state index contributed by atoms with van der Waals surface area (Å²) in [7, 11) is 0. The number of hydrogen-bond donors (Lipinski definition) is 1. The van der Waals surface area contributed by atoms with Crippen molar-refractivity contribution in [3.8, 4) is 11.5 Å². The highest BCUT2D eigenvalue weighted by atomic mass is 16.5. The number of hydrogen-bond acceptors (Lipinski definition) is 5. The van der Waals surface area contributed by atoms with Gasteiger partial charge in [-0.3, -0.25) is 4.79 Å². The summed E-state index contributed by atoms with van der Waals surface area (Å²) in [5, 5.41) is 2.77. The maximum Gasteiger partial charge on any atom is 0.331 e. The van der Waals surface area contributed by atoms with Crippen molar-refractivity contribution in [2.45, 2.75) is 45.8 Å². The van der Waals surface area contributed by atoms with E-state index in [1.54, 1.807) is 19.1 Å². The van der Waals surface area contributed by atoms with Crippen LogP contribution in [0.4, 0.5) is 0 Å². The van der Waals surface area contributed by atoms with Crippen LogP contribution in [-0.4, -0.2) is 36.7 Å². The van der Waals surface area contributed by atoms with Crippen molar-refractivity contribution in [1.29, 1.82) is 0 Å². The lowest BCUT2D eigenvalue weighted by Crippen LogP contribution is -2.46. The zero-order valence-corrected chi connectivity index (χ0v) is 15.1. The zero-order valence-electron chi connectivity index (χ0n) is 15.1. The minimum absolute atomic E-state index is 0.329. The Morgan fingerprint density at radius 3 is 2.56 bits per heavy atom. The fourth-order valence-electron chi connectivity index (χ4n) is 2.19. The summed E-state index contributed by atoms with van der Waals surface area (Å²) in [5.74, 6) is 0.448. The van der Waals surface area contributed by atoms with Crippen LogP contribution in [0.25, 0.3) is 6.08 Å². The van der Waals surface area contributed by atoms with Gasteiger partial charge in [0.25, 0.3) is 5.91 Å². The van der Waals surface area contributed by atoms with Gasteiger partial charge >= 0.3 is 5.97 Å². The van der Waals surface area contributed by atoms with E-state index in [2.05, 4.69) is 5.32 Å². The van der Waals surface area contributed by atoms with Crippen LogP contribution < -0.4 is 14.8 Å². The fourth-order valence-corrected chi connectivity index (χ4v) is 2.19. The molecule has 6 nitrogen and oxygen atoms in total. The first-order valence-corrected chi connectivity index (χ1v) is 8.35. The molecule has 1 aromatic carbocycles. The number of carbonyl (C=O) groups is 2. The van der Waals surface area contributed by atoms with Crippen LogP contribution in [0, 0.1) is 0 Å². The van der Waals surface area contributed by atoms with Gasteiger partial charge in [0.1, 0.15) is 0 Å². The highest BCUT2D eigenvalue weighted by Gasteiger charge is 2.21. The lowest BCUT2D eigenvalue weighted by Gasteiger charge is -2.22. The van der Waals surface area contributed by atoms with Gasteiger partial charge in [0.15, 0.2) is 17.6 Å². The summed E-state index contributed by atoms with van der Waals surface area (Å²) < 4.78 is 16.3. The van der Waals surface area contributed by atoms with Crippen molar-refractivity contribution in [3.63, 3.8) is 0 Å². The van der Waals surface area contributed by atoms with Crippen LogP contribution in [-0.2, 0) is 14.3 Å². The Hall–Kier alpha value is -2.50. The van der Waals surface area contributed by atoms with E-state index in [-0.39, 0.29) is 11.4 Å². The van der Waals surface area contributed by atoms with E-state index in [0.717, 1.165) is 12.0 Å². The number of ether oxygens (including phenoxy) is 3. The van der Waals surface area contributed by atoms with Crippen LogP contribution in [0.5, 0.6) is 11.5 Å². The molecule has 0 spiro atoms. The van der Waals surface area contributed by atoms with E-state index in [1.807, 2.05) is 32.9 Å². The molecule has 0 radical (unpaired) electrons. The Morgan fingerprint density at radius 2 is 1.88 bits per heavy atom. The molecular formula is C19H25NO5. The average molecular weight is 347 g/mol. The molecule has 1 aliphatic rings. The Morgan fingerprint density at radius 1 is 1.20 bits per heavy atom. The van der Waals surface area contributed by atoms with Crippen molar-refractivity contribution in [2.24, 2.45) is 0 Å². The molecule has 1 aliphatic heterocycles. The van der Waals surface area contributed by atoms with Crippen LogP contribution in [0.1, 0.15) is 39.7 Å². The molecule has 0 aromatic heterocycles. The standard InChI is InChI=1S/C19H25NO5/c1-13(18(22)20-19(2,3)4)25-17(21)9-7-14-6-8-15-16(12-14)24-11-5-10-23-15/h6-9,12-13H,5,10-11H2,1-4H3,(H,20,22)/b9-7+/t13-/m1/s1. The van der Waals surface area contributed by atoms with Gasteiger partial charge in [0.2, 0.25) is 0 Å². The summed E-state index contributed by atoms with van der Waals surface area (Å²) in [4.78, 5) is 23.8. The number of benzene rings is 1. The van der Waals surface area contributed by atoms with Crippen LogP contribution in [0.15, 0.2) is 24.3 Å². The summed E-state index contributed by atoms with van der Waals surface area (Å²) in [6, 6.07) is 5.44. The molecule has 1 heterocycles.